The van der Waals surface area contributed by atoms with Crippen molar-refractivity contribution in [1.82, 2.24) is 0 Å². The van der Waals surface area contributed by atoms with Gasteiger partial charge in [0.1, 0.15) is 5.75 Å². The predicted molar refractivity (Wildman–Crippen MR) is 81.3 cm³/mol. The highest BCUT2D eigenvalue weighted by molar-refractivity contribution is 6.02. The number of aliphatic imine (C=N–C) groups is 1. The van der Waals surface area contributed by atoms with E-state index >= 15 is 0 Å². The van der Waals surface area contributed by atoms with Crippen molar-refractivity contribution in [1.29, 1.82) is 0 Å². The van der Waals surface area contributed by atoms with E-state index in [1.54, 1.807) is 18.3 Å². The first-order valence-corrected chi connectivity index (χ1v) is 9.14. The van der Waals surface area contributed by atoms with E-state index in [-0.39, 0.29) is 0 Å². The molecule has 0 saturated carbocycles. The minimum Gasteiger partial charge on any atom is -0.497 e. The molecule has 132 valence electrons. The molecule has 0 bridgehead atoms. The summed E-state index contributed by atoms with van der Waals surface area (Å²) < 4.78 is 37.9. The second-order valence-electron chi connectivity index (χ2n) is 5.79. The molecular weight excluding hydrogens is 334 g/mol. The molecule has 1 N–H and O–H groups in total. The Morgan fingerprint density at radius 3 is 2.33 bits per heavy atom. The van der Waals surface area contributed by atoms with E-state index in [1.807, 2.05) is 12.1 Å². The predicted octanol–water partition coefficient (Wildman–Crippen LogP) is -0.171. The number of hydrogen-bond acceptors (Lipinski definition) is 6. The Hall–Kier alpha value is -1.44. The molecule has 3 rings (SSSR count). The number of hydrogen-bond donors (Lipinski definition) is 1. The third-order valence-corrected chi connectivity index (χ3v) is 4.18. The Morgan fingerprint density at radius 2 is 1.71 bits per heavy atom. The average molecular weight is 356 g/mol. The van der Waals surface area contributed by atoms with Crippen molar-refractivity contribution in [2.24, 2.45) is 4.99 Å². The van der Waals surface area contributed by atoms with Gasteiger partial charge in [-0.05, 0) is 55.4 Å². The minimum atomic E-state index is -4.69. The van der Waals surface area contributed by atoms with Crippen LogP contribution in [0.15, 0.2) is 40.4 Å². The summed E-state index contributed by atoms with van der Waals surface area (Å²) in [4.78, 5) is 4.78. The normalized spacial score (nSPS) is 17.5. The summed E-state index contributed by atoms with van der Waals surface area (Å²) in [6.07, 6.45) is 7.42. The van der Waals surface area contributed by atoms with E-state index in [1.165, 1.54) is 43.4 Å². The van der Waals surface area contributed by atoms with Gasteiger partial charge in [0, 0.05) is 18.7 Å². The van der Waals surface area contributed by atoms with Crippen LogP contribution in [-0.4, -0.2) is 24.0 Å². The van der Waals surface area contributed by atoms with E-state index in [9.17, 15) is 0 Å². The lowest BCUT2D eigenvalue weighted by Crippen LogP contribution is -2.58. The van der Waals surface area contributed by atoms with Crippen LogP contribution in [0.25, 0.3) is 0 Å². The second kappa shape index (κ2) is 8.60. The van der Waals surface area contributed by atoms with Crippen molar-refractivity contribution >= 4 is 5.71 Å². The molecule has 0 aromatic heterocycles. The maximum absolute atomic E-state index is 8.60. The first kappa shape index (κ1) is 18.9. The summed E-state index contributed by atoms with van der Waals surface area (Å²) in [6.45, 7) is 0.990. The lowest BCUT2D eigenvalue weighted by Gasteiger charge is -2.25. The number of rotatable bonds is 3. The molecule has 0 saturated heterocycles. The molecular formula is C17H22ClNO5. The Bertz CT molecular complexity index is 598. The largest absolute Gasteiger partial charge is 0.497 e. The average Bonchev–Trinajstić information content (AvgIpc) is 2.54. The lowest BCUT2D eigenvalue weighted by atomic mass is 9.84. The SMILES string of the molecule is COc1ccc(CC2=NCCC3=C2CCCC3)cc1.[O-][Cl+3]([O-])([O-])O. The van der Waals surface area contributed by atoms with Gasteiger partial charge in [-0.15, -0.1) is 0 Å². The van der Waals surface area contributed by atoms with Crippen LogP contribution < -0.4 is 18.7 Å². The standard InChI is InChI=1S/C17H21NO.ClHO4/c1-19-15-8-6-13(7-9-15)12-17-16-5-3-2-4-14(16)10-11-18-17;2-1(3,4)5/h6-9H,2-5,10-12H2,1H3;(H,2,3,4,5). The summed E-state index contributed by atoms with van der Waals surface area (Å²) in [5.41, 5.74) is 5.93. The van der Waals surface area contributed by atoms with Crippen LogP contribution in [0.5, 0.6) is 5.75 Å². The molecule has 0 atom stereocenters. The maximum Gasteiger partial charge on any atom is 0.118 e. The maximum atomic E-state index is 8.60. The lowest BCUT2D eigenvalue weighted by molar-refractivity contribution is -1.92. The topological polar surface area (TPSA) is 111 Å². The van der Waals surface area contributed by atoms with Gasteiger partial charge in [-0.25, -0.2) is 0 Å². The highest BCUT2D eigenvalue weighted by atomic mass is 35.7. The minimum absolute atomic E-state index is 0.923. The summed E-state index contributed by atoms with van der Waals surface area (Å²) in [5.74, 6) is 0.923. The van der Waals surface area contributed by atoms with Gasteiger partial charge in [0.2, 0.25) is 0 Å². The van der Waals surface area contributed by atoms with E-state index in [0.29, 0.717) is 0 Å². The van der Waals surface area contributed by atoms with Crippen LogP contribution in [0.2, 0.25) is 0 Å². The van der Waals surface area contributed by atoms with E-state index in [2.05, 4.69) is 12.1 Å². The summed E-state index contributed by atoms with van der Waals surface area (Å²) in [5, 5.41) is 0. The van der Waals surface area contributed by atoms with Crippen molar-refractivity contribution in [3.8, 4) is 5.75 Å². The quantitative estimate of drug-likeness (QED) is 0.809. The highest BCUT2D eigenvalue weighted by Crippen LogP contribution is 2.31. The van der Waals surface area contributed by atoms with E-state index in [4.69, 9.17) is 28.4 Å². The van der Waals surface area contributed by atoms with E-state index in [0.717, 1.165) is 18.7 Å². The Morgan fingerprint density at radius 1 is 1.08 bits per heavy atom. The molecule has 1 aliphatic heterocycles. The summed E-state index contributed by atoms with van der Waals surface area (Å²) in [7, 11) is -2.99. The van der Waals surface area contributed by atoms with Gasteiger partial charge in [-0.3, -0.25) is 4.99 Å². The van der Waals surface area contributed by atoms with Crippen molar-refractivity contribution < 1.29 is 33.6 Å². The zero-order valence-electron chi connectivity index (χ0n) is 13.7. The Kier molecular flexibility index (Phi) is 6.77. The molecule has 0 amide bonds. The molecule has 1 heterocycles. The highest BCUT2D eigenvalue weighted by Gasteiger charge is 2.20. The monoisotopic (exact) mass is 355 g/mol. The van der Waals surface area contributed by atoms with E-state index < -0.39 is 10.2 Å². The number of nitrogens with zero attached hydrogens (tertiary/aromatic N) is 1. The Labute approximate surface area is 143 Å². The van der Waals surface area contributed by atoms with Crippen molar-refractivity contribution in [3.63, 3.8) is 0 Å². The molecule has 1 aromatic rings. The van der Waals surface area contributed by atoms with Crippen LogP contribution in [0.3, 0.4) is 0 Å². The van der Waals surface area contributed by atoms with Crippen LogP contribution in [-0.2, 0) is 6.42 Å². The number of methoxy groups -OCH3 is 1. The number of ether oxygens (including phenoxy) is 1. The van der Waals surface area contributed by atoms with Crippen molar-refractivity contribution in [3.05, 3.63) is 41.0 Å². The Balaban J connectivity index is 0.000000368. The fourth-order valence-corrected chi connectivity index (χ4v) is 3.11. The first-order valence-electron chi connectivity index (χ1n) is 7.87. The molecule has 0 unspecified atom stereocenters. The molecule has 0 spiro atoms. The summed E-state index contributed by atoms with van der Waals surface area (Å²) in [6, 6.07) is 8.38. The number of dihydropyridines is 1. The van der Waals surface area contributed by atoms with Crippen molar-refractivity contribution in [2.45, 2.75) is 38.5 Å². The first-order chi connectivity index (χ1) is 11.4. The molecule has 1 aromatic carbocycles. The van der Waals surface area contributed by atoms with Gasteiger partial charge in [0.15, 0.2) is 0 Å². The van der Waals surface area contributed by atoms with Crippen LogP contribution in [0, 0.1) is 10.2 Å². The molecule has 2 aliphatic rings. The molecule has 0 fully saturated rings. The van der Waals surface area contributed by atoms with Gasteiger partial charge >= 0.3 is 0 Å². The van der Waals surface area contributed by atoms with Crippen molar-refractivity contribution in [2.75, 3.05) is 13.7 Å². The molecule has 7 heteroatoms. The summed E-state index contributed by atoms with van der Waals surface area (Å²) >= 11 is 0. The fraction of sp³-hybridized carbons (Fsp3) is 0.471. The molecule has 0 radical (unpaired) electrons. The van der Waals surface area contributed by atoms with Gasteiger partial charge < -0.3 is 4.74 Å². The second-order valence-corrected chi connectivity index (χ2v) is 6.58. The van der Waals surface area contributed by atoms with Gasteiger partial charge in [0.05, 0.1) is 22.0 Å². The smallest absolute Gasteiger partial charge is 0.118 e. The zero-order valence-corrected chi connectivity index (χ0v) is 14.4. The molecule has 24 heavy (non-hydrogen) atoms. The third kappa shape index (κ3) is 6.22. The van der Waals surface area contributed by atoms with Crippen LogP contribution >= 0.6 is 0 Å². The number of halogens is 1. The molecule has 6 nitrogen and oxygen atoms in total. The fourth-order valence-electron chi connectivity index (χ4n) is 3.11. The van der Waals surface area contributed by atoms with Crippen LogP contribution in [0.4, 0.5) is 0 Å². The number of benzene rings is 1. The van der Waals surface area contributed by atoms with Gasteiger partial charge in [0.25, 0.3) is 0 Å². The third-order valence-electron chi connectivity index (χ3n) is 4.18. The number of allylic oxidation sites excluding steroid dienone is 1. The van der Waals surface area contributed by atoms with Gasteiger partial charge in [-0.1, -0.05) is 17.7 Å². The zero-order chi connectivity index (χ0) is 17.6. The van der Waals surface area contributed by atoms with Crippen LogP contribution in [0.1, 0.15) is 37.7 Å². The molecule has 1 aliphatic carbocycles. The van der Waals surface area contributed by atoms with Gasteiger partial charge in [-0.2, -0.15) is 14.0 Å².